The number of likely N-dealkylation sites (tertiary alicyclic amines) is 1. The summed E-state index contributed by atoms with van der Waals surface area (Å²) in [6.07, 6.45) is 3.47. The van der Waals surface area contributed by atoms with Crippen LogP contribution in [0.15, 0.2) is 0 Å². The SMILES string of the molecule is CN1CCOC(C(=O)N2CCC(C3(O)CC3)CC2)C1. The van der Waals surface area contributed by atoms with Crippen LogP contribution in [0.4, 0.5) is 0 Å². The Bertz CT molecular complexity index is 349. The number of aliphatic hydroxyl groups is 1. The number of hydrogen-bond acceptors (Lipinski definition) is 4. The van der Waals surface area contributed by atoms with Crippen LogP contribution in [0.3, 0.4) is 0 Å². The molecule has 19 heavy (non-hydrogen) atoms. The van der Waals surface area contributed by atoms with Gasteiger partial charge in [-0.2, -0.15) is 0 Å². The highest BCUT2D eigenvalue weighted by Gasteiger charge is 2.48. The van der Waals surface area contributed by atoms with Crippen LogP contribution in [0, 0.1) is 5.92 Å². The fraction of sp³-hybridized carbons (Fsp3) is 0.929. The second-order valence-corrected chi connectivity index (χ2v) is 6.32. The van der Waals surface area contributed by atoms with Gasteiger partial charge in [0.05, 0.1) is 12.2 Å². The minimum absolute atomic E-state index is 0.132. The molecule has 1 aliphatic carbocycles. The Morgan fingerprint density at radius 1 is 1.26 bits per heavy atom. The van der Waals surface area contributed by atoms with Gasteiger partial charge >= 0.3 is 0 Å². The number of carbonyl (C=O) groups is 1. The number of rotatable bonds is 2. The number of piperidine rings is 1. The van der Waals surface area contributed by atoms with Gasteiger partial charge < -0.3 is 19.6 Å². The highest BCUT2D eigenvalue weighted by molar-refractivity contribution is 5.81. The molecule has 2 saturated heterocycles. The van der Waals surface area contributed by atoms with Crippen LogP contribution in [-0.4, -0.2) is 72.4 Å². The molecule has 1 N–H and O–H groups in total. The second kappa shape index (κ2) is 5.04. The zero-order chi connectivity index (χ0) is 13.5. The number of ether oxygens (including phenoxy) is 1. The lowest BCUT2D eigenvalue weighted by molar-refractivity contribution is -0.150. The Morgan fingerprint density at radius 3 is 2.53 bits per heavy atom. The van der Waals surface area contributed by atoms with Crippen LogP contribution in [-0.2, 0) is 9.53 Å². The Hall–Kier alpha value is -0.650. The molecule has 2 aliphatic heterocycles. The molecule has 0 aromatic carbocycles. The highest BCUT2D eigenvalue weighted by Crippen LogP contribution is 2.46. The van der Waals surface area contributed by atoms with Gasteiger partial charge in [0, 0.05) is 26.2 Å². The van der Waals surface area contributed by atoms with Crippen LogP contribution < -0.4 is 0 Å². The summed E-state index contributed by atoms with van der Waals surface area (Å²) in [7, 11) is 2.03. The first-order valence-electron chi connectivity index (χ1n) is 7.40. The van der Waals surface area contributed by atoms with Gasteiger partial charge in [-0.05, 0) is 38.6 Å². The first-order chi connectivity index (χ1) is 9.08. The topological polar surface area (TPSA) is 53.0 Å². The Balaban J connectivity index is 1.51. The molecule has 108 valence electrons. The average Bonchev–Trinajstić information content (AvgIpc) is 3.17. The molecule has 5 nitrogen and oxygen atoms in total. The maximum atomic E-state index is 12.4. The first-order valence-corrected chi connectivity index (χ1v) is 7.40. The largest absolute Gasteiger partial charge is 0.390 e. The molecule has 3 rings (SSSR count). The monoisotopic (exact) mass is 268 g/mol. The summed E-state index contributed by atoms with van der Waals surface area (Å²) in [5.41, 5.74) is -0.392. The van der Waals surface area contributed by atoms with Gasteiger partial charge in [0.25, 0.3) is 5.91 Å². The van der Waals surface area contributed by atoms with E-state index >= 15 is 0 Å². The summed E-state index contributed by atoms with van der Waals surface area (Å²) in [5, 5.41) is 10.1. The number of hydrogen-bond donors (Lipinski definition) is 1. The Morgan fingerprint density at radius 2 is 1.95 bits per heavy atom. The van der Waals surface area contributed by atoms with Crippen molar-refractivity contribution in [2.45, 2.75) is 37.4 Å². The number of likely N-dealkylation sites (N-methyl/N-ethyl adjacent to an activating group) is 1. The van der Waals surface area contributed by atoms with E-state index in [0.29, 0.717) is 19.1 Å². The number of nitrogens with zero attached hydrogens (tertiary/aromatic N) is 2. The van der Waals surface area contributed by atoms with Crippen molar-refractivity contribution in [3.63, 3.8) is 0 Å². The lowest BCUT2D eigenvalue weighted by Gasteiger charge is -2.38. The van der Waals surface area contributed by atoms with Crippen molar-refractivity contribution in [3.8, 4) is 0 Å². The lowest BCUT2D eigenvalue weighted by atomic mass is 9.89. The van der Waals surface area contributed by atoms with Crippen LogP contribution in [0.25, 0.3) is 0 Å². The van der Waals surface area contributed by atoms with E-state index in [9.17, 15) is 9.90 Å². The molecule has 3 fully saturated rings. The number of amides is 1. The zero-order valence-electron chi connectivity index (χ0n) is 11.7. The summed E-state index contributed by atoms with van der Waals surface area (Å²) >= 11 is 0. The summed E-state index contributed by atoms with van der Waals surface area (Å²) in [6, 6.07) is 0. The van der Waals surface area contributed by atoms with Crippen molar-refractivity contribution in [2.24, 2.45) is 5.92 Å². The van der Waals surface area contributed by atoms with Gasteiger partial charge in [-0.3, -0.25) is 4.79 Å². The van der Waals surface area contributed by atoms with Crippen LogP contribution >= 0.6 is 0 Å². The number of morpholine rings is 1. The van der Waals surface area contributed by atoms with E-state index in [2.05, 4.69) is 4.90 Å². The van der Waals surface area contributed by atoms with E-state index in [4.69, 9.17) is 4.74 Å². The predicted molar refractivity (Wildman–Crippen MR) is 70.7 cm³/mol. The quantitative estimate of drug-likeness (QED) is 0.770. The third kappa shape index (κ3) is 2.78. The third-order valence-electron chi connectivity index (χ3n) is 4.87. The van der Waals surface area contributed by atoms with Crippen LogP contribution in [0.2, 0.25) is 0 Å². The maximum absolute atomic E-state index is 12.4. The molecule has 2 heterocycles. The molecular formula is C14H24N2O3. The van der Waals surface area contributed by atoms with Gasteiger partial charge in [0.2, 0.25) is 0 Å². The molecule has 3 aliphatic rings. The normalized spacial score (nSPS) is 32.3. The van der Waals surface area contributed by atoms with Crippen molar-refractivity contribution < 1.29 is 14.6 Å². The standard InChI is InChI=1S/C14H24N2O3/c1-15-8-9-19-12(10-15)13(17)16-6-2-11(3-7-16)14(18)4-5-14/h11-12,18H,2-10H2,1H3. The summed E-state index contributed by atoms with van der Waals surface area (Å²) in [5.74, 6) is 0.527. The minimum atomic E-state index is -0.392. The van der Waals surface area contributed by atoms with Crippen molar-refractivity contribution in [1.82, 2.24) is 9.80 Å². The van der Waals surface area contributed by atoms with Gasteiger partial charge in [0.15, 0.2) is 0 Å². The van der Waals surface area contributed by atoms with Gasteiger partial charge in [0.1, 0.15) is 6.10 Å². The third-order valence-corrected chi connectivity index (χ3v) is 4.87. The number of carbonyl (C=O) groups excluding carboxylic acids is 1. The van der Waals surface area contributed by atoms with Gasteiger partial charge in [-0.15, -0.1) is 0 Å². The predicted octanol–water partition coefficient (Wildman–Crippen LogP) is 0.0805. The summed E-state index contributed by atoms with van der Waals surface area (Å²) < 4.78 is 5.59. The molecule has 1 amide bonds. The molecule has 1 saturated carbocycles. The molecule has 5 heteroatoms. The summed E-state index contributed by atoms with van der Waals surface area (Å²) in [6.45, 7) is 3.79. The molecule has 0 radical (unpaired) electrons. The fourth-order valence-corrected chi connectivity index (χ4v) is 3.30. The van der Waals surface area contributed by atoms with Crippen molar-refractivity contribution in [1.29, 1.82) is 0 Å². The Kier molecular flexibility index (Phi) is 3.53. The fourth-order valence-electron chi connectivity index (χ4n) is 3.30. The summed E-state index contributed by atoms with van der Waals surface area (Å²) in [4.78, 5) is 16.4. The smallest absolute Gasteiger partial charge is 0.253 e. The molecule has 1 atom stereocenters. The molecule has 0 aromatic heterocycles. The van der Waals surface area contributed by atoms with E-state index in [1.807, 2.05) is 11.9 Å². The van der Waals surface area contributed by atoms with E-state index in [1.54, 1.807) is 0 Å². The first kappa shape index (κ1) is 13.3. The zero-order valence-corrected chi connectivity index (χ0v) is 11.7. The lowest BCUT2D eigenvalue weighted by Crippen LogP contribution is -2.52. The molecular weight excluding hydrogens is 244 g/mol. The molecule has 0 bridgehead atoms. The van der Waals surface area contributed by atoms with Crippen molar-refractivity contribution >= 4 is 5.91 Å². The van der Waals surface area contributed by atoms with E-state index in [0.717, 1.165) is 45.3 Å². The van der Waals surface area contributed by atoms with E-state index in [1.165, 1.54) is 0 Å². The maximum Gasteiger partial charge on any atom is 0.253 e. The van der Waals surface area contributed by atoms with Crippen molar-refractivity contribution in [2.75, 3.05) is 39.8 Å². The van der Waals surface area contributed by atoms with Gasteiger partial charge in [-0.1, -0.05) is 0 Å². The molecule has 0 spiro atoms. The average molecular weight is 268 g/mol. The second-order valence-electron chi connectivity index (χ2n) is 6.32. The highest BCUT2D eigenvalue weighted by atomic mass is 16.5. The van der Waals surface area contributed by atoms with Crippen LogP contribution in [0.5, 0.6) is 0 Å². The van der Waals surface area contributed by atoms with Crippen LogP contribution in [0.1, 0.15) is 25.7 Å². The van der Waals surface area contributed by atoms with Gasteiger partial charge in [-0.25, -0.2) is 0 Å². The molecule has 0 aromatic rings. The Labute approximate surface area is 114 Å². The van der Waals surface area contributed by atoms with E-state index in [-0.39, 0.29) is 12.0 Å². The molecule has 1 unspecified atom stereocenters. The van der Waals surface area contributed by atoms with Crippen molar-refractivity contribution in [3.05, 3.63) is 0 Å². The minimum Gasteiger partial charge on any atom is -0.390 e. The van der Waals surface area contributed by atoms with E-state index < -0.39 is 5.60 Å².